The zero-order chi connectivity index (χ0) is 12.6. The van der Waals surface area contributed by atoms with E-state index in [4.69, 9.17) is 5.11 Å². The molecule has 0 aliphatic carbocycles. The van der Waals surface area contributed by atoms with Gasteiger partial charge in [-0.3, -0.25) is 9.59 Å². The van der Waals surface area contributed by atoms with Gasteiger partial charge >= 0.3 is 11.8 Å². The molecule has 0 aromatic heterocycles. The average Bonchev–Trinajstić information content (AvgIpc) is 2.24. The van der Waals surface area contributed by atoms with Crippen LogP contribution in [0.5, 0.6) is 0 Å². The van der Waals surface area contributed by atoms with Gasteiger partial charge in [0.1, 0.15) is 0 Å². The Hall–Kier alpha value is -1.10. The van der Waals surface area contributed by atoms with Crippen molar-refractivity contribution in [3.8, 4) is 0 Å². The number of carbonyl (C=O) groups excluding carboxylic acids is 2. The van der Waals surface area contributed by atoms with Gasteiger partial charge in [-0.2, -0.15) is 0 Å². The summed E-state index contributed by atoms with van der Waals surface area (Å²) in [5.41, 5.74) is 0. The molecule has 0 aliphatic heterocycles. The first-order chi connectivity index (χ1) is 7.51. The second-order valence-electron chi connectivity index (χ2n) is 4.20. The van der Waals surface area contributed by atoms with E-state index in [1.54, 1.807) is 0 Å². The maximum atomic E-state index is 11.3. The number of carbonyl (C=O) groups is 2. The maximum Gasteiger partial charge on any atom is 0.309 e. The lowest BCUT2D eigenvalue weighted by Gasteiger charge is -2.13. The lowest BCUT2D eigenvalue weighted by atomic mass is 10.1. The van der Waals surface area contributed by atoms with Gasteiger partial charge in [0.25, 0.3) is 0 Å². The summed E-state index contributed by atoms with van der Waals surface area (Å²) in [7, 11) is 0. The van der Waals surface area contributed by atoms with Crippen LogP contribution in [0.4, 0.5) is 0 Å². The fourth-order valence-corrected chi connectivity index (χ4v) is 1.08. The summed E-state index contributed by atoms with van der Waals surface area (Å²) < 4.78 is 0. The molecule has 1 unspecified atom stereocenters. The van der Waals surface area contributed by atoms with Gasteiger partial charge in [-0.1, -0.05) is 20.8 Å². The van der Waals surface area contributed by atoms with Crippen molar-refractivity contribution in [3.63, 3.8) is 0 Å². The Labute approximate surface area is 96.6 Å². The van der Waals surface area contributed by atoms with Gasteiger partial charge in [0, 0.05) is 6.54 Å². The molecule has 5 heteroatoms. The zero-order valence-electron chi connectivity index (χ0n) is 10.2. The van der Waals surface area contributed by atoms with Crippen LogP contribution in [0.15, 0.2) is 0 Å². The zero-order valence-corrected chi connectivity index (χ0v) is 10.2. The molecule has 5 nitrogen and oxygen atoms in total. The van der Waals surface area contributed by atoms with Crippen molar-refractivity contribution in [2.45, 2.75) is 39.7 Å². The number of amides is 2. The molecule has 0 saturated heterocycles. The van der Waals surface area contributed by atoms with Gasteiger partial charge in [0.15, 0.2) is 0 Å². The fraction of sp³-hybridized carbons (Fsp3) is 0.818. The summed E-state index contributed by atoms with van der Waals surface area (Å²) in [6, 6.07) is -0.344. The first kappa shape index (κ1) is 14.9. The van der Waals surface area contributed by atoms with E-state index in [1.165, 1.54) is 0 Å². The third kappa shape index (κ3) is 6.40. The predicted octanol–water partition coefficient (Wildman–Crippen LogP) is 0.0358. The molecular formula is C11H22N2O3. The summed E-state index contributed by atoms with van der Waals surface area (Å²) in [6.45, 7) is 6.27. The number of hydrogen-bond acceptors (Lipinski definition) is 3. The molecule has 0 aromatic rings. The first-order valence-corrected chi connectivity index (χ1v) is 5.70. The molecule has 0 aromatic carbocycles. The number of nitrogens with one attached hydrogen (secondary N) is 2. The Kier molecular flexibility index (Phi) is 7.54. The van der Waals surface area contributed by atoms with Crippen LogP contribution < -0.4 is 10.6 Å². The van der Waals surface area contributed by atoms with Crippen LogP contribution in [0.2, 0.25) is 0 Å². The minimum Gasteiger partial charge on any atom is -0.394 e. The van der Waals surface area contributed by atoms with Gasteiger partial charge in [0.05, 0.1) is 12.6 Å². The summed E-state index contributed by atoms with van der Waals surface area (Å²) in [4.78, 5) is 22.6. The Balaban J connectivity index is 3.85. The van der Waals surface area contributed by atoms with Crippen molar-refractivity contribution in [2.75, 3.05) is 13.2 Å². The highest BCUT2D eigenvalue weighted by atomic mass is 16.3. The monoisotopic (exact) mass is 230 g/mol. The largest absolute Gasteiger partial charge is 0.394 e. The normalized spacial score (nSPS) is 12.3. The SMILES string of the molecule is CCC(CO)NC(=O)C(=O)NCCC(C)C. The van der Waals surface area contributed by atoms with Gasteiger partial charge in [0.2, 0.25) is 0 Å². The summed E-state index contributed by atoms with van der Waals surface area (Å²) >= 11 is 0. The second-order valence-corrected chi connectivity index (χ2v) is 4.20. The molecule has 94 valence electrons. The Morgan fingerprint density at radius 1 is 1.25 bits per heavy atom. The third-order valence-electron chi connectivity index (χ3n) is 2.26. The van der Waals surface area contributed by atoms with E-state index in [1.807, 2.05) is 20.8 Å². The van der Waals surface area contributed by atoms with E-state index in [0.29, 0.717) is 18.9 Å². The quantitative estimate of drug-likeness (QED) is 0.564. The highest BCUT2D eigenvalue weighted by Gasteiger charge is 2.16. The maximum absolute atomic E-state index is 11.3. The van der Waals surface area contributed by atoms with E-state index in [0.717, 1.165) is 6.42 Å². The molecular weight excluding hydrogens is 208 g/mol. The van der Waals surface area contributed by atoms with Gasteiger partial charge in [-0.05, 0) is 18.8 Å². The topological polar surface area (TPSA) is 78.4 Å². The summed E-state index contributed by atoms with van der Waals surface area (Å²) in [5.74, 6) is -0.818. The Morgan fingerprint density at radius 2 is 1.88 bits per heavy atom. The van der Waals surface area contributed by atoms with E-state index in [9.17, 15) is 9.59 Å². The van der Waals surface area contributed by atoms with Crippen molar-refractivity contribution < 1.29 is 14.7 Å². The molecule has 2 amide bonds. The van der Waals surface area contributed by atoms with E-state index in [-0.39, 0.29) is 12.6 Å². The van der Waals surface area contributed by atoms with Crippen LogP contribution in [-0.4, -0.2) is 36.1 Å². The lowest BCUT2D eigenvalue weighted by Crippen LogP contribution is -2.46. The summed E-state index contributed by atoms with van der Waals surface area (Å²) in [5, 5.41) is 13.8. The van der Waals surface area contributed by atoms with Gasteiger partial charge in [-0.15, -0.1) is 0 Å². The standard InChI is InChI=1S/C11H22N2O3/c1-4-9(7-14)13-11(16)10(15)12-6-5-8(2)3/h8-9,14H,4-7H2,1-3H3,(H,12,15)(H,13,16). The van der Waals surface area contributed by atoms with Crippen molar-refractivity contribution in [1.29, 1.82) is 0 Å². The molecule has 0 fully saturated rings. The molecule has 1 atom stereocenters. The Morgan fingerprint density at radius 3 is 2.31 bits per heavy atom. The number of rotatable bonds is 6. The van der Waals surface area contributed by atoms with Crippen molar-refractivity contribution in [1.82, 2.24) is 10.6 Å². The third-order valence-corrected chi connectivity index (χ3v) is 2.26. The second kappa shape index (κ2) is 8.10. The van der Waals surface area contributed by atoms with Crippen LogP contribution in [0.3, 0.4) is 0 Å². The van der Waals surface area contributed by atoms with Crippen LogP contribution in [0.1, 0.15) is 33.6 Å². The van der Waals surface area contributed by atoms with E-state index in [2.05, 4.69) is 10.6 Å². The van der Waals surface area contributed by atoms with Crippen LogP contribution >= 0.6 is 0 Å². The van der Waals surface area contributed by atoms with Crippen molar-refractivity contribution in [3.05, 3.63) is 0 Å². The molecule has 3 N–H and O–H groups in total. The van der Waals surface area contributed by atoms with E-state index >= 15 is 0 Å². The molecule has 0 heterocycles. The minimum absolute atomic E-state index is 0.151. The first-order valence-electron chi connectivity index (χ1n) is 5.70. The van der Waals surface area contributed by atoms with Crippen LogP contribution in [0, 0.1) is 5.92 Å². The fourth-order valence-electron chi connectivity index (χ4n) is 1.08. The number of aliphatic hydroxyl groups is 1. The average molecular weight is 230 g/mol. The van der Waals surface area contributed by atoms with Crippen molar-refractivity contribution >= 4 is 11.8 Å². The minimum atomic E-state index is -0.676. The van der Waals surface area contributed by atoms with Crippen molar-refractivity contribution in [2.24, 2.45) is 5.92 Å². The molecule has 0 aliphatic rings. The van der Waals surface area contributed by atoms with Crippen LogP contribution in [-0.2, 0) is 9.59 Å². The molecule has 16 heavy (non-hydrogen) atoms. The molecule has 0 bridgehead atoms. The predicted molar refractivity (Wildman–Crippen MR) is 61.8 cm³/mol. The van der Waals surface area contributed by atoms with Gasteiger partial charge in [-0.25, -0.2) is 0 Å². The number of aliphatic hydroxyl groups excluding tert-OH is 1. The molecule has 0 spiro atoms. The highest BCUT2D eigenvalue weighted by molar-refractivity contribution is 6.35. The lowest BCUT2D eigenvalue weighted by molar-refractivity contribution is -0.139. The number of hydrogen-bond donors (Lipinski definition) is 3. The summed E-state index contributed by atoms with van der Waals surface area (Å²) in [6.07, 6.45) is 1.44. The van der Waals surface area contributed by atoms with E-state index < -0.39 is 11.8 Å². The smallest absolute Gasteiger partial charge is 0.309 e. The molecule has 0 rings (SSSR count). The highest BCUT2D eigenvalue weighted by Crippen LogP contribution is 1.96. The molecule has 0 radical (unpaired) electrons. The molecule has 0 saturated carbocycles. The van der Waals surface area contributed by atoms with Crippen LogP contribution in [0.25, 0.3) is 0 Å². The Bertz CT molecular complexity index is 225. The van der Waals surface area contributed by atoms with Gasteiger partial charge < -0.3 is 15.7 Å².